The number of nitrogens with zero attached hydrogens (tertiary/aromatic N) is 2. The summed E-state index contributed by atoms with van der Waals surface area (Å²) in [5.74, 6) is -0.0671. The number of carbonyl (C=O) groups excluding carboxylic acids is 1. The molecule has 0 atom stereocenters. The molecule has 8 heteroatoms. The minimum atomic E-state index is -3.48. The lowest BCUT2D eigenvalue weighted by molar-refractivity contribution is -0.122. The van der Waals surface area contributed by atoms with E-state index in [2.05, 4.69) is 5.32 Å². The van der Waals surface area contributed by atoms with Crippen LogP contribution >= 0.6 is 0 Å². The van der Waals surface area contributed by atoms with Crippen molar-refractivity contribution in [1.29, 1.82) is 0 Å². The van der Waals surface area contributed by atoms with Gasteiger partial charge in [-0.3, -0.25) is 9.69 Å². The molecule has 0 saturated carbocycles. The lowest BCUT2D eigenvalue weighted by atomic mass is 10.1. The van der Waals surface area contributed by atoms with Crippen molar-refractivity contribution < 1.29 is 17.9 Å². The smallest absolute Gasteiger partial charge is 0.243 e. The fourth-order valence-corrected chi connectivity index (χ4v) is 4.21. The second-order valence-corrected chi connectivity index (χ2v) is 8.21. The van der Waals surface area contributed by atoms with Crippen LogP contribution in [-0.4, -0.2) is 76.5 Å². The number of aryl methyl sites for hydroxylation is 2. The molecule has 0 radical (unpaired) electrons. The third kappa shape index (κ3) is 5.24. The van der Waals surface area contributed by atoms with Crippen molar-refractivity contribution in [3.05, 3.63) is 29.3 Å². The van der Waals surface area contributed by atoms with E-state index in [1.807, 2.05) is 24.8 Å². The first kappa shape index (κ1) is 19.8. The molecular formula is C17H27N3O4S. The minimum absolute atomic E-state index is 0.0671. The lowest BCUT2D eigenvalue weighted by Crippen LogP contribution is -2.51. The van der Waals surface area contributed by atoms with Crippen LogP contribution < -0.4 is 5.32 Å². The van der Waals surface area contributed by atoms with Gasteiger partial charge in [-0.15, -0.1) is 0 Å². The van der Waals surface area contributed by atoms with E-state index in [0.717, 1.165) is 11.1 Å². The molecule has 25 heavy (non-hydrogen) atoms. The fraction of sp³-hybridized carbons (Fsp3) is 0.588. The summed E-state index contributed by atoms with van der Waals surface area (Å²) in [6.45, 7) is 6.98. The Hall–Kier alpha value is -1.48. The van der Waals surface area contributed by atoms with Crippen LogP contribution in [-0.2, 0) is 19.6 Å². The van der Waals surface area contributed by atoms with Gasteiger partial charge in [0.25, 0.3) is 0 Å². The van der Waals surface area contributed by atoms with Crippen molar-refractivity contribution in [2.45, 2.75) is 18.7 Å². The summed E-state index contributed by atoms with van der Waals surface area (Å²) in [5, 5.41) is 2.77. The van der Waals surface area contributed by atoms with Gasteiger partial charge in [-0.05, 0) is 37.1 Å². The van der Waals surface area contributed by atoms with Crippen LogP contribution in [0.25, 0.3) is 0 Å². The number of sulfonamides is 1. The average molecular weight is 369 g/mol. The van der Waals surface area contributed by atoms with Gasteiger partial charge in [0.05, 0.1) is 18.0 Å². The van der Waals surface area contributed by atoms with E-state index in [-0.39, 0.29) is 12.5 Å². The summed E-state index contributed by atoms with van der Waals surface area (Å²) in [5.41, 5.74) is 2.04. The first-order valence-electron chi connectivity index (χ1n) is 8.40. The van der Waals surface area contributed by atoms with Crippen molar-refractivity contribution >= 4 is 15.9 Å². The first-order valence-corrected chi connectivity index (χ1v) is 9.84. The topological polar surface area (TPSA) is 79.0 Å². The highest BCUT2D eigenvalue weighted by Gasteiger charge is 2.29. The summed E-state index contributed by atoms with van der Waals surface area (Å²) < 4.78 is 31.9. The molecule has 0 spiro atoms. The Bertz CT molecular complexity index is 698. The van der Waals surface area contributed by atoms with Gasteiger partial charge in [-0.25, -0.2) is 8.42 Å². The number of hydrogen-bond donors (Lipinski definition) is 1. The molecule has 1 aromatic carbocycles. The van der Waals surface area contributed by atoms with Gasteiger partial charge in [-0.1, -0.05) is 6.07 Å². The number of benzene rings is 1. The van der Waals surface area contributed by atoms with Crippen LogP contribution in [0.2, 0.25) is 0 Å². The zero-order valence-electron chi connectivity index (χ0n) is 15.1. The highest BCUT2D eigenvalue weighted by atomic mass is 32.2. The number of methoxy groups -OCH3 is 1. The predicted octanol–water partition coefficient (Wildman–Crippen LogP) is 0.372. The summed E-state index contributed by atoms with van der Waals surface area (Å²) >= 11 is 0. The molecule has 1 amide bonds. The molecule has 7 nitrogen and oxygen atoms in total. The first-order chi connectivity index (χ1) is 11.8. The van der Waals surface area contributed by atoms with Crippen molar-refractivity contribution in [3.63, 3.8) is 0 Å². The molecule has 1 N–H and O–H groups in total. The molecule has 0 aromatic heterocycles. The molecule has 1 aliphatic rings. The Kier molecular flexibility index (Phi) is 6.95. The third-order valence-electron chi connectivity index (χ3n) is 4.44. The van der Waals surface area contributed by atoms with E-state index in [9.17, 15) is 13.2 Å². The SMILES string of the molecule is COCCNC(=O)CN1CCN(S(=O)(=O)c2ccc(C)c(C)c2)CC1. The number of piperazine rings is 1. The number of hydrogen-bond acceptors (Lipinski definition) is 5. The molecule has 0 bridgehead atoms. The molecule has 1 fully saturated rings. The molecule has 1 heterocycles. The van der Waals surface area contributed by atoms with E-state index in [1.54, 1.807) is 19.2 Å². The Morgan fingerprint density at radius 2 is 1.84 bits per heavy atom. The van der Waals surface area contributed by atoms with Crippen molar-refractivity contribution in [3.8, 4) is 0 Å². The molecular weight excluding hydrogens is 342 g/mol. The van der Waals surface area contributed by atoms with Gasteiger partial charge in [0.1, 0.15) is 0 Å². The van der Waals surface area contributed by atoms with Crippen LogP contribution in [0, 0.1) is 13.8 Å². The summed E-state index contributed by atoms with van der Waals surface area (Å²) in [7, 11) is -1.90. The predicted molar refractivity (Wildman–Crippen MR) is 96.0 cm³/mol. The molecule has 140 valence electrons. The normalized spacial score (nSPS) is 16.8. The monoisotopic (exact) mass is 369 g/mol. The molecule has 0 aliphatic carbocycles. The van der Waals surface area contributed by atoms with Gasteiger partial charge >= 0.3 is 0 Å². The number of ether oxygens (including phenoxy) is 1. The van der Waals surface area contributed by atoms with E-state index >= 15 is 0 Å². The lowest BCUT2D eigenvalue weighted by Gasteiger charge is -2.33. The third-order valence-corrected chi connectivity index (χ3v) is 6.34. The van der Waals surface area contributed by atoms with E-state index in [1.165, 1.54) is 4.31 Å². The molecule has 1 saturated heterocycles. The van der Waals surface area contributed by atoms with Gasteiger partial charge in [0.2, 0.25) is 15.9 Å². The molecule has 2 rings (SSSR count). The zero-order chi connectivity index (χ0) is 18.4. The van der Waals surface area contributed by atoms with Crippen LogP contribution in [0.1, 0.15) is 11.1 Å². The zero-order valence-corrected chi connectivity index (χ0v) is 15.9. The number of rotatable bonds is 7. The van der Waals surface area contributed by atoms with Crippen molar-refractivity contribution in [2.24, 2.45) is 0 Å². The Labute approximate surface area is 150 Å². The number of nitrogens with one attached hydrogen (secondary N) is 1. The van der Waals surface area contributed by atoms with Gasteiger partial charge in [0.15, 0.2) is 0 Å². The van der Waals surface area contributed by atoms with Crippen molar-refractivity contribution in [1.82, 2.24) is 14.5 Å². The molecule has 0 unspecified atom stereocenters. The fourth-order valence-electron chi connectivity index (χ4n) is 2.70. The van der Waals surface area contributed by atoms with Gasteiger partial charge in [0, 0.05) is 39.8 Å². The molecule has 1 aromatic rings. The van der Waals surface area contributed by atoms with Crippen molar-refractivity contribution in [2.75, 3.05) is 53.0 Å². The van der Waals surface area contributed by atoms with Crippen LogP contribution in [0.4, 0.5) is 0 Å². The Morgan fingerprint density at radius 3 is 2.44 bits per heavy atom. The van der Waals surface area contributed by atoms with E-state index in [4.69, 9.17) is 4.74 Å². The summed E-state index contributed by atoms with van der Waals surface area (Å²) in [6, 6.07) is 5.22. The van der Waals surface area contributed by atoms with E-state index in [0.29, 0.717) is 44.2 Å². The number of amides is 1. The second kappa shape index (κ2) is 8.75. The summed E-state index contributed by atoms with van der Waals surface area (Å²) in [4.78, 5) is 14.1. The second-order valence-electron chi connectivity index (χ2n) is 6.27. The van der Waals surface area contributed by atoms with Gasteiger partial charge < -0.3 is 10.1 Å². The van der Waals surface area contributed by atoms with Crippen LogP contribution in [0.3, 0.4) is 0 Å². The maximum atomic E-state index is 12.8. The highest BCUT2D eigenvalue weighted by Crippen LogP contribution is 2.20. The maximum absolute atomic E-state index is 12.8. The van der Waals surface area contributed by atoms with Gasteiger partial charge in [-0.2, -0.15) is 4.31 Å². The summed E-state index contributed by atoms with van der Waals surface area (Å²) in [6.07, 6.45) is 0. The largest absolute Gasteiger partial charge is 0.383 e. The Balaban J connectivity index is 1.90. The Morgan fingerprint density at radius 1 is 1.16 bits per heavy atom. The van der Waals surface area contributed by atoms with Crippen LogP contribution in [0.5, 0.6) is 0 Å². The maximum Gasteiger partial charge on any atom is 0.243 e. The number of carbonyl (C=O) groups is 1. The minimum Gasteiger partial charge on any atom is -0.383 e. The average Bonchev–Trinajstić information content (AvgIpc) is 2.58. The highest BCUT2D eigenvalue weighted by molar-refractivity contribution is 7.89. The van der Waals surface area contributed by atoms with Crippen LogP contribution in [0.15, 0.2) is 23.1 Å². The quantitative estimate of drug-likeness (QED) is 0.703. The van der Waals surface area contributed by atoms with E-state index < -0.39 is 10.0 Å². The standard InChI is InChI=1S/C17H27N3O4S/c1-14-4-5-16(12-15(14)2)25(22,23)20-9-7-19(8-10-20)13-17(21)18-6-11-24-3/h4-5,12H,6-11,13H2,1-3H3,(H,18,21). The molecule has 1 aliphatic heterocycles.